The zero-order chi connectivity index (χ0) is 13.2. The van der Waals surface area contributed by atoms with Crippen LogP contribution in [0.1, 0.15) is 52.2 Å². The topological polar surface area (TPSA) is 24.9 Å². The fraction of sp³-hybridized carbons (Fsp3) is 0.438. The molecule has 1 aliphatic carbocycles. The molecule has 0 aliphatic heterocycles. The normalized spacial score (nSPS) is 17.2. The van der Waals surface area contributed by atoms with E-state index in [4.69, 9.17) is 0 Å². The molecule has 1 atom stereocenters. The van der Waals surface area contributed by atoms with Gasteiger partial charge in [0.1, 0.15) is 0 Å². The number of aryl methyl sites for hydroxylation is 1. The van der Waals surface area contributed by atoms with Gasteiger partial charge in [-0.25, -0.2) is 4.98 Å². The van der Waals surface area contributed by atoms with Gasteiger partial charge in [-0.15, -0.1) is 11.3 Å². The molecule has 1 unspecified atom stereocenters. The molecule has 0 radical (unpaired) electrons. The Hall–Kier alpha value is -1.19. The summed E-state index contributed by atoms with van der Waals surface area (Å²) in [5.74, 6) is 0.765. The maximum atomic E-state index is 4.40. The van der Waals surface area contributed by atoms with Crippen molar-refractivity contribution in [2.75, 3.05) is 7.05 Å². The third-order valence-electron chi connectivity index (χ3n) is 4.06. The van der Waals surface area contributed by atoms with Crippen molar-refractivity contribution in [2.45, 2.75) is 38.1 Å². The molecule has 1 aromatic heterocycles. The van der Waals surface area contributed by atoms with Crippen molar-refractivity contribution >= 4 is 11.3 Å². The van der Waals surface area contributed by atoms with Gasteiger partial charge in [0.2, 0.25) is 0 Å². The van der Waals surface area contributed by atoms with Gasteiger partial charge in [0, 0.05) is 11.1 Å². The Morgan fingerprint density at radius 1 is 1.32 bits per heavy atom. The molecular weight excluding hydrogens is 252 g/mol. The first kappa shape index (κ1) is 12.8. The van der Waals surface area contributed by atoms with Crippen LogP contribution in [0.4, 0.5) is 0 Å². The average molecular weight is 272 g/mol. The van der Waals surface area contributed by atoms with Crippen LogP contribution in [0.2, 0.25) is 0 Å². The van der Waals surface area contributed by atoms with Gasteiger partial charge in [-0.2, -0.15) is 0 Å². The van der Waals surface area contributed by atoms with Gasteiger partial charge in [-0.05, 0) is 43.9 Å². The molecule has 1 heterocycles. The summed E-state index contributed by atoms with van der Waals surface area (Å²) >= 11 is 1.79. The summed E-state index contributed by atoms with van der Waals surface area (Å²) in [7, 11) is 2.04. The second kappa shape index (κ2) is 5.43. The van der Waals surface area contributed by atoms with E-state index in [0.29, 0.717) is 0 Å². The predicted molar refractivity (Wildman–Crippen MR) is 80.8 cm³/mol. The molecule has 0 amide bonds. The number of aromatic nitrogens is 1. The monoisotopic (exact) mass is 272 g/mol. The first-order chi connectivity index (χ1) is 9.29. The van der Waals surface area contributed by atoms with E-state index < -0.39 is 0 Å². The molecule has 1 saturated carbocycles. The predicted octanol–water partition coefficient (Wildman–Crippen LogP) is 4.03. The summed E-state index contributed by atoms with van der Waals surface area (Å²) in [6, 6.07) is 9.17. The minimum atomic E-state index is 0.281. The fourth-order valence-electron chi connectivity index (χ4n) is 2.83. The molecule has 0 spiro atoms. The standard InChI is InChI=1S/C16H20N2S/c1-11-18-10-15(19-11)16(17-2)14-9-4-3-8-13(14)12-6-5-7-12/h3-4,8-10,12,16-17H,5-7H2,1-2H3. The molecule has 1 aromatic carbocycles. The van der Waals surface area contributed by atoms with Crippen molar-refractivity contribution in [3.05, 3.63) is 51.5 Å². The van der Waals surface area contributed by atoms with Crippen molar-refractivity contribution in [2.24, 2.45) is 0 Å². The lowest BCUT2D eigenvalue weighted by Crippen LogP contribution is -2.20. The van der Waals surface area contributed by atoms with Crippen LogP contribution in [-0.2, 0) is 0 Å². The lowest BCUT2D eigenvalue weighted by Gasteiger charge is -2.30. The van der Waals surface area contributed by atoms with Gasteiger partial charge in [0.05, 0.1) is 11.0 Å². The Labute approximate surface area is 118 Å². The number of hydrogen-bond acceptors (Lipinski definition) is 3. The first-order valence-corrected chi connectivity index (χ1v) is 7.79. The van der Waals surface area contributed by atoms with Gasteiger partial charge in [0.25, 0.3) is 0 Å². The molecule has 0 bridgehead atoms. The van der Waals surface area contributed by atoms with Crippen molar-refractivity contribution < 1.29 is 0 Å². The summed E-state index contributed by atoms with van der Waals surface area (Å²) in [5.41, 5.74) is 2.96. The molecule has 1 aliphatic rings. The third kappa shape index (κ3) is 2.45. The fourth-order valence-corrected chi connectivity index (χ4v) is 3.74. The number of thiazole rings is 1. The summed E-state index contributed by atoms with van der Waals surface area (Å²) in [6.45, 7) is 2.07. The molecule has 3 heteroatoms. The highest BCUT2D eigenvalue weighted by Crippen LogP contribution is 2.41. The third-order valence-corrected chi connectivity index (χ3v) is 5.04. The molecule has 100 valence electrons. The Balaban J connectivity index is 1.99. The Bertz CT molecular complexity index is 557. The van der Waals surface area contributed by atoms with E-state index in [-0.39, 0.29) is 6.04 Å². The Kier molecular flexibility index (Phi) is 3.67. The van der Waals surface area contributed by atoms with E-state index in [0.717, 1.165) is 10.9 Å². The second-order valence-electron chi connectivity index (χ2n) is 5.26. The Morgan fingerprint density at radius 2 is 2.11 bits per heavy atom. The molecule has 1 fully saturated rings. The molecule has 2 aromatic rings. The summed E-state index contributed by atoms with van der Waals surface area (Å²) in [5, 5.41) is 4.60. The molecule has 1 N–H and O–H groups in total. The minimum absolute atomic E-state index is 0.281. The lowest BCUT2D eigenvalue weighted by molar-refractivity contribution is 0.415. The van der Waals surface area contributed by atoms with E-state index in [1.54, 1.807) is 11.3 Å². The quantitative estimate of drug-likeness (QED) is 0.909. The van der Waals surface area contributed by atoms with Gasteiger partial charge in [-0.1, -0.05) is 30.7 Å². The van der Waals surface area contributed by atoms with Crippen molar-refractivity contribution in [3.63, 3.8) is 0 Å². The van der Waals surface area contributed by atoms with Crippen LogP contribution in [-0.4, -0.2) is 12.0 Å². The summed E-state index contributed by atoms with van der Waals surface area (Å²) in [4.78, 5) is 5.71. The number of rotatable bonds is 4. The van der Waals surface area contributed by atoms with Crippen LogP contribution in [0.15, 0.2) is 30.5 Å². The van der Waals surface area contributed by atoms with Gasteiger partial charge in [0.15, 0.2) is 0 Å². The highest BCUT2D eigenvalue weighted by atomic mass is 32.1. The second-order valence-corrected chi connectivity index (χ2v) is 6.53. The molecule has 0 saturated heterocycles. The van der Waals surface area contributed by atoms with Crippen LogP contribution in [0.3, 0.4) is 0 Å². The SMILES string of the molecule is CNC(c1cnc(C)s1)c1ccccc1C1CCC1. The molecular formula is C16H20N2S. The van der Waals surface area contributed by atoms with E-state index in [1.807, 2.05) is 13.2 Å². The maximum absolute atomic E-state index is 4.40. The lowest BCUT2D eigenvalue weighted by atomic mass is 9.77. The number of nitrogens with zero attached hydrogens (tertiary/aromatic N) is 1. The van der Waals surface area contributed by atoms with Gasteiger partial charge < -0.3 is 5.32 Å². The largest absolute Gasteiger partial charge is 0.309 e. The average Bonchev–Trinajstić information content (AvgIpc) is 2.77. The van der Waals surface area contributed by atoms with Crippen LogP contribution in [0, 0.1) is 6.92 Å². The van der Waals surface area contributed by atoms with Crippen molar-refractivity contribution in [3.8, 4) is 0 Å². The van der Waals surface area contributed by atoms with Crippen LogP contribution in [0.25, 0.3) is 0 Å². The summed E-state index contributed by atoms with van der Waals surface area (Å²) < 4.78 is 0. The Morgan fingerprint density at radius 3 is 2.68 bits per heavy atom. The van der Waals surface area contributed by atoms with Crippen molar-refractivity contribution in [1.82, 2.24) is 10.3 Å². The van der Waals surface area contributed by atoms with Crippen molar-refractivity contribution in [1.29, 1.82) is 0 Å². The highest BCUT2D eigenvalue weighted by molar-refractivity contribution is 7.11. The van der Waals surface area contributed by atoms with E-state index in [2.05, 4.69) is 41.5 Å². The first-order valence-electron chi connectivity index (χ1n) is 6.98. The highest BCUT2D eigenvalue weighted by Gasteiger charge is 2.25. The summed E-state index contributed by atoms with van der Waals surface area (Å²) in [6.07, 6.45) is 6.08. The van der Waals surface area contributed by atoms with Gasteiger partial charge >= 0.3 is 0 Å². The van der Waals surface area contributed by atoms with E-state index in [9.17, 15) is 0 Å². The minimum Gasteiger partial charge on any atom is -0.309 e. The molecule has 3 rings (SSSR count). The van der Waals surface area contributed by atoms with Crippen LogP contribution >= 0.6 is 11.3 Å². The van der Waals surface area contributed by atoms with Crippen LogP contribution in [0.5, 0.6) is 0 Å². The number of nitrogens with one attached hydrogen (secondary N) is 1. The molecule has 2 nitrogen and oxygen atoms in total. The van der Waals surface area contributed by atoms with Crippen LogP contribution < -0.4 is 5.32 Å². The zero-order valence-corrected chi connectivity index (χ0v) is 12.3. The van der Waals surface area contributed by atoms with Gasteiger partial charge in [-0.3, -0.25) is 0 Å². The maximum Gasteiger partial charge on any atom is 0.0897 e. The van der Waals surface area contributed by atoms with E-state index >= 15 is 0 Å². The zero-order valence-electron chi connectivity index (χ0n) is 11.5. The number of benzene rings is 1. The molecule has 19 heavy (non-hydrogen) atoms. The smallest absolute Gasteiger partial charge is 0.0897 e. The number of hydrogen-bond donors (Lipinski definition) is 1. The van der Waals surface area contributed by atoms with E-state index in [1.165, 1.54) is 35.3 Å².